The van der Waals surface area contributed by atoms with Crippen molar-refractivity contribution in [3.63, 3.8) is 0 Å². The normalized spacial score (nSPS) is 21.1. The van der Waals surface area contributed by atoms with Gasteiger partial charge in [-0.2, -0.15) is 0 Å². The van der Waals surface area contributed by atoms with Crippen molar-refractivity contribution in [2.24, 2.45) is 0 Å². The maximum atomic E-state index is 13.4. The van der Waals surface area contributed by atoms with Gasteiger partial charge < -0.3 is 29.0 Å². The van der Waals surface area contributed by atoms with Gasteiger partial charge in [0.2, 0.25) is 0 Å². The van der Waals surface area contributed by atoms with Gasteiger partial charge in [0.05, 0.1) is 43.1 Å². The van der Waals surface area contributed by atoms with E-state index in [0.29, 0.717) is 54.8 Å². The standard InChI is InChI=1S/C28H33NO7/c1-4-33-19-11-9-18(10-12-19)25-24(27(31)28(32)29(25)17-21-8-7-15-36-21)26(30)22-14-13-20(34-5-2)16-23(22)35-6-3/h9-14,16,21,25,30H,4-8,15,17H2,1-3H3/b26-24-. The number of hydrogen-bond acceptors (Lipinski definition) is 7. The van der Waals surface area contributed by atoms with Gasteiger partial charge >= 0.3 is 0 Å². The SMILES string of the molecule is CCOc1ccc(C2/C(=C(/O)c3ccc(OCC)cc3OCC)C(=O)C(=O)N2CC2CCCO2)cc1. The molecule has 36 heavy (non-hydrogen) atoms. The summed E-state index contributed by atoms with van der Waals surface area (Å²) in [5.74, 6) is -0.0392. The van der Waals surface area contributed by atoms with E-state index in [0.717, 1.165) is 12.8 Å². The first-order valence-corrected chi connectivity index (χ1v) is 12.5. The van der Waals surface area contributed by atoms with Gasteiger partial charge in [-0.25, -0.2) is 0 Å². The quantitative estimate of drug-likeness (QED) is 0.295. The molecule has 1 amide bonds. The Morgan fingerprint density at radius 3 is 2.28 bits per heavy atom. The minimum Gasteiger partial charge on any atom is -0.507 e. The van der Waals surface area contributed by atoms with Gasteiger partial charge in [0.1, 0.15) is 23.0 Å². The maximum absolute atomic E-state index is 13.4. The topological polar surface area (TPSA) is 94.5 Å². The second-order valence-electron chi connectivity index (χ2n) is 8.61. The summed E-state index contributed by atoms with van der Waals surface area (Å²) in [4.78, 5) is 28.1. The van der Waals surface area contributed by atoms with Gasteiger partial charge in [0.15, 0.2) is 0 Å². The minimum atomic E-state index is -0.772. The molecule has 0 radical (unpaired) electrons. The average molecular weight is 496 g/mol. The molecule has 8 heteroatoms. The molecule has 1 N–H and O–H groups in total. The average Bonchev–Trinajstić information content (AvgIpc) is 3.47. The third-order valence-corrected chi connectivity index (χ3v) is 6.29. The van der Waals surface area contributed by atoms with Crippen molar-refractivity contribution in [1.82, 2.24) is 4.90 Å². The van der Waals surface area contributed by atoms with Crippen molar-refractivity contribution in [3.8, 4) is 17.2 Å². The molecule has 0 aliphatic carbocycles. The van der Waals surface area contributed by atoms with Crippen LogP contribution in [0.2, 0.25) is 0 Å². The van der Waals surface area contributed by atoms with Gasteiger partial charge in [-0.15, -0.1) is 0 Å². The van der Waals surface area contributed by atoms with E-state index in [9.17, 15) is 14.7 Å². The number of Topliss-reactive ketones (excluding diaryl/α,β-unsaturated/α-hetero) is 1. The zero-order valence-corrected chi connectivity index (χ0v) is 21.0. The summed E-state index contributed by atoms with van der Waals surface area (Å²) in [6.07, 6.45) is 1.57. The summed E-state index contributed by atoms with van der Waals surface area (Å²) in [7, 11) is 0. The Morgan fingerprint density at radius 2 is 1.64 bits per heavy atom. The number of benzene rings is 2. The highest BCUT2D eigenvalue weighted by atomic mass is 16.5. The molecule has 2 fully saturated rings. The Labute approximate surface area is 211 Å². The molecular formula is C28H33NO7. The van der Waals surface area contributed by atoms with Crippen molar-refractivity contribution < 1.29 is 33.6 Å². The molecule has 192 valence electrons. The van der Waals surface area contributed by atoms with Crippen LogP contribution >= 0.6 is 0 Å². The molecule has 0 spiro atoms. The summed E-state index contributed by atoms with van der Waals surface area (Å²) >= 11 is 0. The van der Waals surface area contributed by atoms with Gasteiger partial charge in [-0.1, -0.05) is 12.1 Å². The molecule has 8 nitrogen and oxygen atoms in total. The van der Waals surface area contributed by atoms with Crippen LogP contribution in [0.15, 0.2) is 48.0 Å². The van der Waals surface area contributed by atoms with Crippen LogP contribution in [0.4, 0.5) is 0 Å². The Morgan fingerprint density at radius 1 is 0.972 bits per heavy atom. The largest absolute Gasteiger partial charge is 0.507 e. The summed E-state index contributed by atoms with van der Waals surface area (Å²) < 4.78 is 22.7. The van der Waals surface area contributed by atoms with Gasteiger partial charge in [0, 0.05) is 19.2 Å². The Kier molecular flexibility index (Phi) is 8.15. The molecule has 4 rings (SSSR count). The number of hydrogen-bond donors (Lipinski definition) is 1. The predicted octanol–water partition coefficient (Wildman–Crippen LogP) is 4.48. The molecule has 2 aromatic carbocycles. The number of aliphatic hydroxyl groups is 1. The van der Waals surface area contributed by atoms with Crippen molar-refractivity contribution in [2.75, 3.05) is 33.0 Å². The summed E-state index contributed by atoms with van der Waals surface area (Å²) in [5, 5.41) is 11.5. The Hall–Kier alpha value is -3.52. The van der Waals surface area contributed by atoms with Gasteiger partial charge in [-0.3, -0.25) is 9.59 Å². The van der Waals surface area contributed by atoms with Crippen molar-refractivity contribution in [1.29, 1.82) is 0 Å². The second-order valence-corrected chi connectivity index (χ2v) is 8.61. The van der Waals surface area contributed by atoms with Crippen LogP contribution in [0.3, 0.4) is 0 Å². The number of likely N-dealkylation sites (tertiary alicyclic amines) is 1. The van der Waals surface area contributed by atoms with Crippen LogP contribution in [-0.4, -0.2) is 60.8 Å². The lowest BCUT2D eigenvalue weighted by Gasteiger charge is -2.27. The molecule has 2 aliphatic rings. The molecular weight excluding hydrogens is 462 g/mol. The zero-order chi connectivity index (χ0) is 25.7. The van der Waals surface area contributed by atoms with E-state index in [1.807, 2.05) is 32.9 Å². The lowest BCUT2D eigenvalue weighted by molar-refractivity contribution is -0.140. The number of ketones is 1. The number of carbonyl (C=O) groups is 2. The van der Waals surface area contributed by atoms with E-state index in [1.54, 1.807) is 30.3 Å². The van der Waals surface area contributed by atoms with E-state index < -0.39 is 17.7 Å². The number of amides is 1. The van der Waals surface area contributed by atoms with Crippen molar-refractivity contribution >= 4 is 17.4 Å². The molecule has 0 bridgehead atoms. The minimum absolute atomic E-state index is 0.0206. The van der Waals surface area contributed by atoms with E-state index in [2.05, 4.69) is 0 Å². The Bertz CT molecular complexity index is 1120. The number of aliphatic hydroxyl groups excluding tert-OH is 1. The fourth-order valence-corrected chi connectivity index (χ4v) is 4.71. The highest BCUT2D eigenvalue weighted by molar-refractivity contribution is 6.46. The zero-order valence-electron chi connectivity index (χ0n) is 21.0. The van der Waals surface area contributed by atoms with Crippen LogP contribution in [0.25, 0.3) is 5.76 Å². The first-order valence-electron chi connectivity index (χ1n) is 12.5. The van der Waals surface area contributed by atoms with Gasteiger partial charge in [-0.05, 0) is 63.4 Å². The fraction of sp³-hybridized carbons (Fsp3) is 0.429. The molecule has 0 saturated carbocycles. The summed E-state index contributed by atoms with van der Waals surface area (Å²) in [5.41, 5.74) is 1.04. The van der Waals surface area contributed by atoms with E-state index in [-0.39, 0.29) is 24.0 Å². The molecule has 2 saturated heterocycles. The first-order chi connectivity index (χ1) is 17.5. The van der Waals surface area contributed by atoms with Crippen LogP contribution in [-0.2, 0) is 14.3 Å². The first kappa shape index (κ1) is 25.6. The smallest absolute Gasteiger partial charge is 0.295 e. The number of rotatable bonds is 10. The number of nitrogens with zero attached hydrogens (tertiary/aromatic N) is 1. The predicted molar refractivity (Wildman–Crippen MR) is 134 cm³/mol. The lowest BCUT2D eigenvalue weighted by atomic mass is 9.94. The number of ether oxygens (including phenoxy) is 4. The fourth-order valence-electron chi connectivity index (χ4n) is 4.71. The van der Waals surface area contributed by atoms with E-state index >= 15 is 0 Å². The highest BCUT2D eigenvalue weighted by Crippen LogP contribution is 2.42. The van der Waals surface area contributed by atoms with E-state index in [4.69, 9.17) is 18.9 Å². The number of carbonyl (C=O) groups excluding carboxylic acids is 2. The maximum Gasteiger partial charge on any atom is 0.295 e. The molecule has 2 aliphatic heterocycles. The lowest BCUT2D eigenvalue weighted by Crippen LogP contribution is -2.36. The molecule has 2 heterocycles. The molecule has 0 aromatic heterocycles. The molecule has 2 aromatic rings. The second kappa shape index (κ2) is 11.5. The van der Waals surface area contributed by atoms with Crippen LogP contribution in [0.1, 0.15) is 50.8 Å². The third kappa shape index (κ3) is 5.18. The van der Waals surface area contributed by atoms with E-state index in [1.165, 1.54) is 4.90 Å². The monoisotopic (exact) mass is 495 g/mol. The van der Waals surface area contributed by atoms with Crippen molar-refractivity contribution in [2.45, 2.75) is 45.8 Å². The highest BCUT2D eigenvalue weighted by Gasteiger charge is 2.47. The van der Waals surface area contributed by atoms with Crippen LogP contribution in [0, 0.1) is 0 Å². The molecule has 2 unspecified atom stereocenters. The summed E-state index contributed by atoms with van der Waals surface area (Å²) in [6.45, 7) is 7.85. The van der Waals surface area contributed by atoms with Gasteiger partial charge in [0.25, 0.3) is 11.7 Å². The molecule has 2 atom stereocenters. The van der Waals surface area contributed by atoms with Crippen molar-refractivity contribution in [3.05, 3.63) is 59.2 Å². The third-order valence-electron chi connectivity index (χ3n) is 6.29. The summed E-state index contributed by atoms with van der Waals surface area (Å²) in [6, 6.07) is 11.5. The van der Waals surface area contributed by atoms with Crippen LogP contribution in [0.5, 0.6) is 17.2 Å². The van der Waals surface area contributed by atoms with Crippen LogP contribution < -0.4 is 14.2 Å². The Balaban J connectivity index is 1.82.